The Bertz CT molecular complexity index is 714. The fraction of sp³-hybridized carbons (Fsp3) is 0.429. The first-order valence-electron chi connectivity index (χ1n) is 9.36. The van der Waals surface area contributed by atoms with E-state index in [1.165, 1.54) is 11.1 Å². The van der Waals surface area contributed by atoms with E-state index in [9.17, 15) is 9.59 Å². The Labute approximate surface area is 154 Å². The number of likely N-dealkylation sites (tertiary alicyclic amines) is 1. The van der Waals surface area contributed by atoms with Crippen molar-refractivity contribution in [1.82, 2.24) is 15.2 Å². The Hall–Kier alpha value is -2.56. The molecule has 26 heavy (non-hydrogen) atoms. The average molecular weight is 353 g/mol. The van der Waals surface area contributed by atoms with E-state index in [0.717, 1.165) is 32.4 Å². The highest BCUT2D eigenvalue weighted by Gasteiger charge is 2.23. The summed E-state index contributed by atoms with van der Waals surface area (Å²) in [5, 5.41) is 2.99. The van der Waals surface area contributed by atoms with Crippen LogP contribution in [0.5, 0.6) is 0 Å². The minimum absolute atomic E-state index is 0.0390. The molecule has 0 aliphatic carbocycles. The summed E-state index contributed by atoms with van der Waals surface area (Å²) < 4.78 is 0. The number of carbonyl (C=O) groups excluding carboxylic acids is 2. The fourth-order valence-corrected chi connectivity index (χ4v) is 3.35. The van der Waals surface area contributed by atoms with Gasteiger partial charge in [-0.3, -0.25) is 9.59 Å². The average Bonchev–Trinajstić information content (AvgIpc) is 3.21. The van der Waals surface area contributed by atoms with Gasteiger partial charge in [-0.05, 0) is 43.7 Å². The molecule has 1 saturated heterocycles. The molecule has 0 saturated carbocycles. The molecule has 1 aliphatic rings. The molecule has 5 nitrogen and oxygen atoms in total. The van der Waals surface area contributed by atoms with Gasteiger partial charge in [0.25, 0.3) is 5.91 Å². The van der Waals surface area contributed by atoms with Crippen molar-refractivity contribution in [3.05, 3.63) is 59.4 Å². The molecule has 2 amide bonds. The van der Waals surface area contributed by atoms with Gasteiger partial charge in [0.05, 0.1) is 5.56 Å². The van der Waals surface area contributed by atoms with Gasteiger partial charge in [0.15, 0.2) is 0 Å². The van der Waals surface area contributed by atoms with Crippen LogP contribution in [0.15, 0.2) is 42.7 Å². The smallest absolute Gasteiger partial charge is 0.252 e. The van der Waals surface area contributed by atoms with Crippen molar-refractivity contribution in [2.75, 3.05) is 19.6 Å². The van der Waals surface area contributed by atoms with Crippen molar-refractivity contribution in [3.63, 3.8) is 0 Å². The molecule has 0 radical (unpaired) electrons. The SMILES string of the molecule is Cc1ccc(CCC(=O)N2CCC(CNC(=O)c3cc[nH]c3)CC2)cc1. The number of H-pyrrole nitrogens is 1. The predicted octanol–water partition coefficient (Wildman–Crippen LogP) is 2.92. The zero-order chi connectivity index (χ0) is 18.4. The molecule has 5 heteroatoms. The highest BCUT2D eigenvalue weighted by atomic mass is 16.2. The van der Waals surface area contributed by atoms with Crippen LogP contribution >= 0.6 is 0 Å². The molecule has 138 valence electrons. The number of aromatic nitrogens is 1. The predicted molar refractivity (Wildman–Crippen MR) is 102 cm³/mol. The second-order valence-electron chi connectivity index (χ2n) is 7.12. The second-order valence-corrected chi connectivity index (χ2v) is 7.12. The molecule has 1 aromatic carbocycles. The fourth-order valence-electron chi connectivity index (χ4n) is 3.35. The molecule has 2 aromatic rings. The molecule has 2 N–H and O–H groups in total. The van der Waals surface area contributed by atoms with Crippen LogP contribution in [0.1, 0.15) is 40.7 Å². The van der Waals surface area contributed by atoms with Crippen LogP contribution in [0.3, 0.4) is 0 Å². The molecular formula is C21H27N3O2. The molecule has 0 spiro atoms. The van der Waals surface area contributed by atoms with Crippen LogP contribution in [0.2, 0.25) is 0 Å². The first kappa shape index (κ1) is 18.2. The minimum Gasteiger partial charge on any atom is -0.367 e. The summed E-state index contributed by atoms with van der Waals surface area (Å²) in [6.07, 6.45) is 6.71. The van der Waals surface area contributed by atoms with Crippen molar-refractivity contribution >= 4 is 11.8 Å². The van der Waals surface area contributed by atoms with E-state index in [4.69, 9.17) is 0 Å². The zero-order valence-electron chi connectivity index (χ0n) is 15.3. The number of aryl methyl sites for hydroxylation is 2. The number of hydrogen-bond acceptors (Lipinski definition) is 2. The third-order valence-electron chi connectivity index (χ3n) is 5.13. The van der Waals surface area contributed by atoms with Crippen molar-refractivity contribution in [3.8, 4) is 0 Å². The molecule has 3 rings (SSSR count). The maximum atomic E-state index is 12.4. The summed E-state index contributed by atoms with van der Waals surface area (Å²) in [4.78, 5) is 29.2. The first-order chi connectivity index (χ1) is 12.6. The van der Waals surface area contributed by atoms with Gasteiger partial charge in [-0.25, -0.2) is 0 Å². The van der Waals surface area contributed by atoms with Crippen LogP contribution in [0.4, 0.5) is 0 Å². The monoisotopic (exact) mass is 353 g/mol. The molecule has 0 bridgehead atoms. The van der Waals surface area contributed by atoms with Crippen LogP contribution in [0.25, 0.3) is 0 Å². The molecule has 2 heterocycles. The summed E-state index contributed by atoms with van der Waals surface area (Å²) in [5.74, 6) is 0.641. The molecule has 1 aliphatic heterocycles. The van der Waals surface area contributed by atoms with Gasteiger partial charge in [-0.1, -0.05) is 29.8 Å². The number of nitrogens with one attached hydrogen (secondary N) is 2. The van der Waals surface area contributed by atoms with E-state index >= 15 is 0 Å². The van der Waals surface area contributed by atoms with Gasteiger partial charge < -0.3 is 15.2 Å². The quantitative estimate of drug-likeness (QED) is 0.839. The first-order valence-corrected chi connectivity index (χ1v) is 9.36. The highest BCUT2D eigenvalue weighted by molar-refractivity contribution is 5.93. The number of piperidine rings is 1. The molecule has 1 fully saturated rings. The lowest BCUT2D eigenvalue weighted by atomic mass is 9.96. The summed E-state index contributed by atoms with van der Waals surface area (Å²) in [5.41, 5.74) is 3.12. The molecule has 0 atom stereocenters. The van der Waals surface area contributed by atoms with Gasteiger partial charge in [0, 0.05) is 38.4 Å². The van der Waals surface area contributed by atoms with Crippen LogP contribution in [-0.2, 0) is 11.2 Å². The Balaban J connectivity index is 1.37. The summed E-state index contributed by atoms with van der Waals surface area (Å²) in [7, 11) is 0. The van der Waals surface area contributed by atoms with E-state index in [-0.39, 0.29) is 11.8 Å². The van der Waals surface area contributed by atoms with Crippen molar-refractivity contribution in [2.45, 2.75) is 32.6 Å². The van der Waals surface area contributed by atoms with E-state index < -0.39 is 0 Å². The number of aromatic amines is 1. The van der Waals surface area contributed by atoms with E-state index in [1.807, 2.05) is 4.90 Å². The molecular weight excluding hydrogens is 326 g/mol. The Morgan fingerprint density at radius 1 is 1.15 bits per heavy atom. The standard InChI is InChI=1S/C21H27N3O2/c1-16-2-4-17(5-3-16)6-7-20(25)24-12-9-18(10-13-24)14-23-21(26)19-8-11-22-15-19/h2-5,8,11,15,18,22H,6-7,9-10,12-14H2,1H3,(H,23,26). The summed E-state index contributed by atoms with van der Waals surface area (Å²) >= 11 is 0. The molecule has 0 unspecified atom stereocenters. The van der Waals surface area contributed by atoms with Gasteiger partial charge in [0.2, 0.25) is 5.91 Å². The van der Waals surface area contributed by atoms with Crippen LogP contribution < -0.4 is 5.32 Å². The lowest BCUT2D eigenvalue weighted by Crippen LogP contribution is -2.41. The number of benzene rings is 1. The molecule has 1 aromatic heterocycles. The van der Waals surface area contributed by atoms with E-state index in [2.05, 4.69) is 41.5 Å². The van der Waals surface area contributed by atoms with Gasteiger partial charge in [-0.15, -0.1) is 0 Å². The lowest BCUT2D eigenvalue weighted by Gasteiger charge is -2.32. The summed E-state index contributed by atoms with van der Waals surface area (Å²) in [6, 6.07) is 10.1. The number of rotatable bonds is 6. The number of amides is 2. The Morgan fingerprint density at radius 2 is 1.88 bits per heavy atom. The van der Waals surface area contributed by atoms with E-state index in [0.29, 0.717) is 24.4 Å². The van der Waals surface area contributed by atoms with Gasteiger partial charge in [0.1, 0.15) is 0 Å². The maximum absolute atomic E-state index is 12.4. The van der Waals surface area contributed by atoms with Gasteiger partial charge >= 0.3 is 0 Å². The topological polar surface area (TPSA) is 65.2 Å². The normalized spacial score (nSPS) is 15.0. The second kappa shape index (κ2) is 8.70. The van der Waals surface area contributed by atoms with E-state index in [1.54, 1.807) is 18.5 Å². The number of carbonyl (C=O) groups is 2. The van der Waals surface area contributed by atoms with Crippen molar-refractivity contribution in [2.24, 2.45) is 5.92 Å². The minimum atomic E-state index is -0.0390. The largest absolute Gasteiger partial charge is 0.367 e. The number of nitrogens with zero attached hydrogens (tertiary/aromatic N) is 1. The Kier molecular flexibility index (Phi) is 6.10. The number of hydrogen-bond donors (Lipinski definition) is 2. The maximum Gasteiger partial charge on any atom is 0.252 e. The van der Waals surface area contributed by atoms with Crippen LogP contribution in [-0.4, -0.2) is 41.3 Å². The summed E-state index contributed by atoms with van der Waals surface area (Å²) in [6.45, 7) is 4.32. The third kappa shape index (κ3) is 4.97. The third-order valence-corrected chi connectivity index (χ3v) is 5.13. The van der Waals surface area contributed by atoms with Crippen molar-refractivity contribution < 1.29 is 9.59 Å². The van der Waals surface area contributed by atoms with Crippen molar-refractivity contribution in [1.29, 1.82) is 0 Å². The van der Waals surface area contributed by atoms with Gasteiger partial charge in [-0.2, -0.15) is 0 Å². The highest BCUT2D eigenvalue weighted by Crippen LogP contribution is 2.18. The lowest BCUT2D eigenvalue weighted by molar-refractivity contribution is -0.132. The van der Waals surface area contributed by atoms with Crippen LogP contribution in [0, 0.1) is 12.8 Å². The zero-order valence-corrected chi connectivity index (χ0v) is 15.3. The Morgan fingerprint density at radius 3 is 2.54 bits per heavy atom.